The predicted molar refractivity (Wildman–Crippen MR) is 77.5 cm³/mol. The summed E-state index contributed by atoms with van der Waals surface area (Å²) in [5.74, 6) is 0.668. The van der Waals surface area contributed by atoms with Crippen LogP contribution in [0.5, 0.6) is 5.75 Å². The second kappa shape index (κ2) is 7.14. The summed E-state index contributed by atoms with van der Waals surface area (Å²) in [5, 5.41) is 2.95. The molecule has 0 aromatic heterocycles. The van der Waals surface area contributed by atoms with E-state index in [9.17, 15) is 4.79 Å². The van der Waals surface area contributed by atoms with Gasteiger partial charge in [0.2, 0.25) is 5.91 Å². The highest BCUT2D eigenvalue weighted by Gasteiger charge is 2.23. The number of amides is 1. The van der Waals surface area contributed by atoms with Gasteiger partial charge in [0.05, 0.1) is 25.2 Å². The van der Waals surface area contributed by atoms with Crippen LogP contribution >= 0.6 is 0 Å². The molecule has 3 N–H and O–H groups in total. The van der Waals surface area contributed by atoms with E-state index in [4.69, 9.17) is 15.2 Å². The van der Waals surface area contributed by atoms with Crippen molar-refractivity contribution in [1.29, 1.82) is 0 Å². The third kappa shape index (κ3) is 4.42. The number of anilines is 1. The Balaban J connectivity index is 1.67. The van der Waals surface area contributed by atoms with Crippen molar-refractivity contribution in [3.63, 3.8) is 0 Å². The molecule has 0 saturated carbocycles. The Labute approximate surface area is 119 Å². The van der Waals surface area contributed by atoms with Gasteiger partial charge in [-0.15, -0.1) is 0 Å². The molecule has 20 heavy (non-hydrogen) atoms. The Morgan fingerprint density at radius 2 is 2.45 bits per heavy atom. The van der Waals surface area contributed by atoms with E-state index in [1.807, 2.05) is 19.1 Å². The molecule has 5 nitrogen and oxygen atoms in total. The molecule has 1 saturated heterocycles. The summed E-state index contributed by atoms with van der Waals surface area (Å²) in [6, 6.07) is 7.24. The molecule has 1 aromatic carbocycles. The number of nitrogens with one attached hydrogen (secondary N) is 1. The van der Waals surface area contributed by atoms with Crippen LogP contribution in [0.2, 0.25) is 0 Å². The van der Waals surface area contributed by atoms with Crippen LogP contribution < -0.4 is 15.8 Å². The van der Waals surface area contributed by atoms with Crippen molar-refractivity contribution in [2.45, 2.75) is 38.3 Å². The Kier molecular flexibility index (Phi) is 5.24. The fourth-order valence-corrected chi connectivity index (χ4v) is 2.28. The lowest BCUT2D eigenvalue weighted by Crippen LogP contribution is -2.41. The molecule has 1 fully saturated rings. The number of carbonyl (C=O) groups excluding carboxylic acids is 1. The maximum absolute atomic E-state index is 11.8. The molecule has 0 radical (unpaired) electrons. The van der Waals surface area contributed by atoms with E-state index < -0.39 is 0 Å². The maximum Gasteiger partial charge on any atom is 0.223 e. The first kappa shape index (κ1) is 14.7. The molecular weight excluding hydrogens is 256 g/mol. The number of nitrogen functional groups attached to an aromatic ring is 1. The zero-order chi connectivity index (χ0) is 14.4. The largest absolute Gasteiger partial charge is 0.493 e. The summed E-state index contributed by atoms with van der Waals surface area (Å²) in [4.78, 5) is 11.8. The van der Waals surface area contributed by atoms with E-state index >= 15 is 0 Å². The molecule has 1 aromatic rings. The van der Waals surface area contributed by atoms with Gasteiger partial charge in [0.15, 0.2) is 0 Å². The molecule has 110 valence electrons. The van der Waals surface area contributed by atoms with Crippen LogP contribution in [0.25, 0.3) is 0 Å². The number of nitrogens with two attached hydrogens (primary N) is 1. The molecule has 2 atom stereocenters. The number of rotatable bonds is 6. The van der Waals surface area contributed by atoms with E-state index in [0.717, 1.165) is 19.4 Å². The van der Waals surface area contributed by atoms with Gasteiger partial charge in [-0.05, 0) is 31.9 Å². The minimum Gasteiger partial charge on any atom is -0.493 e. The Bertz CT molecular complexity index is 444. The number of hydrogen-bond donors (Lipinski definition) is 2. The average molecular weight is 278 g/mol. The van der Waals surface area contributed by atoms with Crippen molar-refractivity contribution in [3.05, 3.63) is 24.3 Å². The van der Waals surface area contributed by atoms with Gasteiger partial charge in [0.1, 0.15) is 5.75 Å². The molecule has 5 heteroatoms. The van der Waals surface area contributed by atoms with Crippen LogP contribution in [0.15, 0.2) is 24.3 Å². The summed E-state index contributed by atoms with van der Waals surface area (Å²) < 4.78 is 11.0. The van der Waals surface area contributed by atoms with E-state index in [-0.39, 0.29) is 18.1 Å². The molecule has 2 rings (SSSR count). The SMILES string of the molecule is CC(NC(=O)CCOc1cccc(N)c1)C1CCCO1. The van der Waals surface area contributed by atoms with E-state index in [1.165, 1.54) is 0 Å². The highest BCUT2D eigenvalue weighted by molar-refractivity contribution is 5.76. The van der Waals surface area contributed by atoms with Crippen LogP contribution in [-0.2, 0) is 9.53 Å². The van der Waals surface area contributed by atoms with Gasteiger partial charge < -0.3 is 20.5 Å². The standard InChI is InChI=1S/C15H22N2O3/c1-11(14-6-3-8-20-14)17-15(18)7-9-19-13-5-2-4-12(16)10-13/h2,4-5,10-11,14H,3,6-9,16H2,1H3,(H,17,18). The van der Waals surface area contributed by atoms with Gasteiger partial charge in [0, 0.05) is 18.4 Å². The summed E-state index contributed by atoms with van der Waals surface area (Å²) in [6.45, 7) is 3.11. The molecule has 1 aliphatic heterocycles. The predicted octanol–water partition coefficient (Wildman–Crippen LogP) is 1.72. The van der Waals surface area contributed by atoms with E-state index in [0.29, 0.717) is 24.5 Å². The van der Waals surface area contributed by atoms with Gasteiger partial charge in [-0.1, -0.05) is 6.07 Å². The van der Waals surface area contributed by atoms with E-state index in [2.05, 4.69) is 5.32 Å². The highest BCUT2D eigenvalue weighted by atomic mass is 16.5. The van der Waals surface area contributed by atoms with Gasteiger partial charge >= 0.3 is 0 Å². The summed E-state index contributed by atoms with van der Waals surface area (Å²) in [5.41, 5.74) is 6.30. The topological polar surface area (TPSA) is 73.6 Å². The zero-order valence-electron chi connectivity index (χ0n) is 11.8. The van der Waals surface area contributed by atoms with E-state index in [1.54, 1.807) is 12.1 Å². The van der Waals surface area contributed by atoms with Crippen molar-refractivity contribution in [2.24, 2.45) is 0 Å². The normalized spacial score (nSPS) is 19.6. The van der Waals surface area contributed by atoms with Crippen LogP contribution in [-0.4, -0.2) is 31.3 Å². The molecule has 1 aliphatic rings. The van der Waals surface area contributed by atoms with Gasteiger partial charge in [-0.3, -0.25) is 4.79 Å². The number of benzene rings is 1. The minimum atomic E-state index is -0.0168. The first-order valence-electron chi connectivity index (χ1n) is 7.04. The lowest BCUT2D eigenvalue weighted by atomic mass is 10.1. The Morgan fingerprint density at radius 3 is 3.15 bits per heavy atom. The smallest absolute Gasteiger partial charge is 0.223 e. The Hall–Kier alpha value is -1.75. The number of carbonyl (C=O) groups is 1. The van der Waals surface area contributed by atoms with Crippen LogP contribution in [0.3, 0.4) is 0 Å². The zero-order valence-corrected chi connectivity index (χ0v) is 11.8. The molecular formula is C15H22N2O3. The third-order valence-corrected chi connectivity index (χ3v) is 3.37. The van der Waals surface area contributed by atoms with Gasteiger partial charge in [-0.2, -0.15) is 0 Å². The first-order chi connectivity index (χ1) is 9.65. The monoisotopic (exact) mass is 278 g/mol. The van der Waals surface area contributed by atoms with Crippen LogP contribution in [0.1, 0.15) is 26.2 Å². The molecule has 2 unspecified atom stereocenters. The average Bonchev–Trinajstić information content (AvgIpc) is 2.92. The quantitative estimate of drug-likeness (QED) is 0.777. The molecule has 0 bridgehead atoms. The minimum absolute atomic E-state index is 0.0168. The van der Waals surface area contributed by atoms with Gasteiger partial charge in [0.25, 0.3) is 0 Å². The van der Waals surface area contributed by atoms with Crippen molar-refractivity contribution in [2.75, 3.05) is 18.9 Å². The second-order valence-electron chi connectivity index (χ2n) is 5.08. The number of ether oxygens (including phenoxy) is 2. The molecule has 0 spiro atoms. The van der Waals surface area contributed by atoms with Crippen molar-refractivity contribution in [3.8, 4) is 5.75 Å². The van der Waals surface area contributed by atoms with Crippen molar-refractivity contribution < 1.29 is 14.3 Å². The lowest BCUT2D eigenvalue weighted by Gasteiger charge is -2.20. The fraction of sp³-hybridized carbons (Fsp3) is 0.533. The first-order valence-corrected chi connectivity index (χ1v) is 7.04. The summed E-state index contributed by atoms with van der Waals surface area (Å²) >= 11 is 0. The van der Waals surface area contributed by atoms with Crippen LogP contribution in [0, 0.1) is 0 Å². The maximum atomic E-state index is 11.8. The third-order valence-electron chi connectivity index (χ3n) is 3.37. The number of hydrogen-bond acceptors (Lipinski definition) is 4. The summed E-state index contributed by atoms with van der Waals surface area (Å²) in [7, 11) is 0. The Morgan fingerprint density at radius 1 is 1.60 bits per heavy atom. The molecule has 0 aliphatic carbocycles. The van der Waals surface area contributed by atoms with Crippen LogP contribution in [0.4, 0.5) is 5.69 Å². The summed E-state index contributed by atoms with van der Waals surface area (Å²) in [6.07, 6.45) is 2.56. The molecule has 1 heterocycles. The van der Waals surface area contributed by atoms with Gasteiger partial charge in [-0.25, -0.2) is 0 Å². The van der Waals surface area contributed by atoms with Crippen molar-refractivity contribution in [1.82, 2.24) is 5.32 Å². The second-order valence-corrected chi connectivity index (χ2v) is 5.08. The highest BCUT2D eigenvalue weighted by Crippen LogP contribution is 2.16. The lowest BCUT2D eigenvalue weighted by molar-refractivity contribution is -0.123. The van der Waals surface area contributed by atoms with Crippen molar-refractivity contribution >= 4 is 11.6 Å². The fourth-order valence-electron chi connectivity index (χ4n) is 2.28. The molecule has 1 amide bonds.